The average Bonchev–Trinajstić information content (AvgIpc) is 2.89. The summed E-state index contributed by atoms with van der Waals surface area (Å²) in [4.78, 5) is 4.58. The fourth-order valence-electron chi connectivity index (χ4n) is 1.94. The Labute approximate surface area is 120 Å². The van der Waals surface area contributed by atoms with Crippen LogP contribution in [0.15, 0.2) is 36.4 Å². The number of ether oxygens (including phenoxy) is 1. The second-order valence-corrected chi connectivity index (χ2v) is 5.50. The Kier molecular flexibility index (Phi) is 3.58. The molecule has 5 nitrogen and oxygen atoms in total. The van der Waals surface area contributed by atoms with Gasteiger partial charge < -0.3 is 10.5 Å². The Bertz CT molecular complexity index is 678. The van der Waals surface area contributed by atoms with E-state index >= 15 is 0 Å². The van der Waals surface area contributed by atoms with Gasteiger partial charge >= 0.3 is 0 Å². The van der Waals surface area contributed by atoms with E-state index in [9.17, 15) is 0 Å². The SMILES string of the molecule is COc1ccc(C(N)Cc2nc3ccccc3s2)nn1. The van der Waals surface area contributed by atoms with E-state index in [-0.39, 0.29) is 6.04 Å². The second-order valence-electron chi connectivity index (χ2n) is 4.39. The first-order valence-corrected chi connectivity index (χ1v) is 7.05. The molecule has 2 N–H and O–H groups in total. The fourth-order valence-corrected chi connectivity index (χ4v) is 2.96. The van der Waals surface area contributed by atoms with Gasteiger partial charge in [-0.15, -0.1) is 16.4 Å². The number of nitrogens with zero attached hydrogens (tertiary/aromatic N) is 3. The molecule has 0 radical (unpaired) electrons. The van der Waals surface area contributed by atoms with E-state index in [1.807, 2.05) is 24.3 Å². The van der Waals surface area contributed by atoms with Crippen LogP contribution < -0.4 is 10.5 Å². The summed E-state index contributed by atoms with van der Waals surface area (Å²) in [6, 6.07) is 11.5. The van der Waals surface area contributed by atoms with Crippen molar-refractivity contribution in [1.82, 2.24) is 15.2 Å². The summed E-state index contributed by atoms with van der Waals surface area (Å²) in [5.74, 6) is 0.487. The molecule has 0 fully saturated rings. The van der Waals surface area contributed by atoms with Gasteiger partial charge in [0.05, 0.1) is 34.1 Å². The molecule has 1 unspecified atom stereocenters. The molecule has 0 aliphatic rings. The van der Waals surface area contributed by atoms with E-state index in [0.29, 0.717) is 12.3 Å². The zero-order chi connectivity index (χ0) is 13.9. The van der Waals surface area contributed by atoms with E-state index < -0.39 is 0 Å². The first-order chi connectivity index (χ1) is 9.76. The van der Waals surface area contributed by atoms with Crippen LogP contribution in [0, 0.1) is 0 Å². The Morgan fingerprint density at radius 3 is 2.75 bits per heavy atom. The monoisotopic (exact) mass is 286 g/mol. The molecule has 3 rings (SSSR count). The molecule has 20 heavy (non-hydrogen) atoms. The van der Waals surface area contributed by atoms with E-state index in [1.54, 1.807) is 24.5 Å². The van der Waals surface area contributed by atoms with Crippen LogP contribution in [0.1, 0.15) is 16.7 Å². The van der Waals surface area contributed by atoms with Crippen molar-refractivity contribution in [2.24, 2.45) is 5.73 Å². The van der Waals surface area contributed by atoms with Gasteiger partial charge in [0.2, 0.25) is 5.88 Å². The molecule has 3 aromatic rings. The van der Waals surface area contributed by atoms with E-state index in [1.165, 1.54) is 4.70 Å². The molecule has 1 aromatic carbocycles. The highest BCUT2D eigenvalue weighted by molar-refractivity contribution is 7.18. The van der Waals surface area contributed by atoms with Gasteiger partial charge in [-0.1, -0.05) is 12.1 Å². The third-order valence-corrected chi connectivity index (χ3v) is 4.04. The zero-order valence-corrected chi connectivity index (χ0v) is 11.8. The lowest BCUT2D eigenvalue weighted by molar-refractivity contribution is 0.390. The summed E-state index contributed by atoms with van der Waals surface area (Å²) < 4.78 is 6.16. The van der Waals surface area contributed by atoms with Crippen molar-refractivity contribution in [2.75, 3.05) is 7.11 Å². The number of para-hydroxylation sites is 1. The molecular weight excluding hydrogens is 272 g/mol. The number of benzene rings is 1. The van der Waals surface area contributed by atoms with Crippen LogP contribution in [0.3, 0.4) is 0 Å². The smallest absolute Gasteiger partial charge is 0.233 e. The molecule has 0 spiro atoms. The highest BCUT2D eigenvalue weighted by Crippen LogP contribution is 2.24. The molecule has 2 aromatic heterocycles. The average molecular weight is 286 g/mol. The highest BCUT2D eigenvalue weighted by atomic mass is 32.1. The molecule has 102 valence electrons. The van der Waals surface area contributed by atoms with Gasteiger partial charge in [-0.2, -0.15) is 5.10 Å². The second kappa shape index (κ2) is 5.52. The molecule has 0 amide bonds. The Morgan fingerprint density at radius 2 is 2.05 bits per heavy atom. The minimum atomic E-state index is -0.214. The van der Waals surface area contributed by atoms with Crippen LogP contribution in [0.2, 0.25) is 0 Å². The zero-order valence-electron chi connectivity index (χ0n) is 11.0. The van der Waals surface area contributed by atoms with Gasteiger partial charge in [0, 0.05) is 12.5 Å². The van der Waals surface area contributed by atoms with Crippen molar-refractivity contribution >= 4 is 21.6 Å². The van der Waals surface area contributed by atoms with Crippen molar-refractivity contribution in [3.05, 3.63) is 47.1 Å². The van der Waals surface area contributed by atoms with Crippen molar-refractivity contribution in [3.63, 3.8) is 0 Å². The molecule has 6 heteroatoms. The Hall–Kier alpha value is -2.05. The van der Waals surface area contributed by atoms with Gasteiger partial charge in [0.25, 0.3) is 0 Å². The summed E-state index contributed by atoms with van der Waals surface area (Å²) in [5, 5.41) is 9.02. The predicted molar refractivity (Wildman–Crippen MR) is 78.8 cm³/mol. The van der Waals surface area contributed by atoms with E-state index in [4.69, 9.17) is 10.5 Å². The van der Waals surface area contributed by atoms with Crippen molar-refractivity contribution in [2.45, 2.75) is 12.5 Å². The Balaban J connectivity index is 1.78. The number of aromatic nitrogens is 3. The Morgan fingerprint density at radius 1 is 1.20 bits per heavy atom. The minimum absolute atomic E-state index is 0.214. The molecule has 0 aliphatic carbocycles. The number of nitrogens with two attached hydrogens (primary N) is 1. The van der Waals surface area contributed by atoms with Gasteiger partial charge in [-0.25, -0.2) is 4.98 Å². The number of rotatable bonds is 4. The predicted octanol–water partition coefficient (Wildman–Crippen LogP) is 2.34. The van der Waals surface area contributed by atoms with Gasteiger partial charge in [-0.05, 0) is 18.2 Å². The van der Waals surface area contributed by atoms with Crippen LogP contribution in [0.4, 0.5) is 0 Å². The molecule has 0 bridgehead atoms. The summed E-state index contributed by atoms with van der Waals surface area (Å²) in [6.45, 7) is 0. The van der Waals surface area contributed by atoms with Gasteiger partial charge in [-0.3, -0.25) is 0 Å². The molecule has 1 atom stereocenters. The maximum atomic E-state index is 6.16. The van der Waals surface area contributed by atoms with Crippen molar-refractivity contribution < 1.29 is 4.74 Å². The van der Waals surface area contributed by atoms with Crippen LogP contribution in [-0.4, -0.2) is 22.3 Å². The minimum Gasteiger partial charge on any atom is -0.480 e. The topological polar surface area (TPSA) is 73.9 Å². The number of thiazole rings is 1. The lowest BCUT2D eigenvalue weighted by Crippen LogP contribution is -2.15. The van der Waals surface area contributed by atoms with Gasteiger partial charge in [0.15, 0.2) is 0 Å². The summed E-state index contributed by atoms with van der Waals surface area (Å²) >= 11 is 1.66. The lowest BCUT2D eigenvalue weighted by atomic mass is 10.1. The normalized spacial score (nSPS) is 12.5. The number of methoxy groups -OCH3 is 1. The number of hydrogen-bond donors (Lipinski definition) is 1. The van der Waals surface area contributed by atoms with Crippen LogP contribution in [0.25, 0.3) is 10.2 Å². The standard InChI is InChI=1S/C14H14N4OS/c1-19-13-7-6-10(17-18-13)9(15)8-14-16-11-4-2-3-5-12(11)20-14/h2-7,9H,8,15H2,1H3. The molecule has 2 heterocycles. The molecule has 0 aliphatic heterocycles. The van der Waals surface area contributed by atoms with Crippen molar-refractivity contribution in [1.29, 1.82) is 0 Å². The largest absolute Gasteiger partial charge is 0.480 e. The van der Waals surface area contributed by atoms with E-state index in [2.05, 4.69) is 21.2 Å². The van der Waals surface area contributed by atoms with Crippen LogP contribution in [-0.2, 0) is 6.42 Å². The summed E-state index contributed by atoms with van der Waals surface area (Å²) in [6.07, 6.45) is 0.653. The summed E-state index contributed by atoms with van der Waals surface area (Å²) in [5.41, 5.74) is 7.92. The maximum absolute atomic E-state index is 6.16. The quantitative estimate of drug-likeness (QED) is 0.797. The summed E-state index contributed by atoms with van der Waals surface area (Å²) in [7, 11) is 1.56. The first kappa shape index (κ1) is 13.0. The third-order valence-electron chi connectivity index (χ3n) is 2.98. The van der Waals surface area contributed by atoms with Crippen LogP contribution >= 0.6 is 11.3 Å². The maximum Gasteiger partial charge on any atom is 0.233 e. The first-order valence-electron chi connectivity index (χ1n) is 6.24. The lowest BCUT2D eigenvalue weighted by Gasteiger charge is -2.08. The third kappa shape index (κ3) is 2.61. The molecule has 0 saturated heterocycles. The molecular formula is C14H14N4OS. The number of hydrogen-bond acceptors (Lipinski definition) is 6. The fraction of sp³-hybridized carbons (Fsp3) is 0.214. The van der Waals surface area contributed by atoms with Crippen molar-refractivity contribution in [3.8, 4) is 5.88 Å². The highest BCUT2D eigenvalue weighted by Gasteiger charge is 2.12. The van der Waals surface area contributed by atoms with Crippen LogP contribution in [0.5, 0.6) is 5.88 Å². The molecule has 0 saturated carbocycles. The number of fused-ring (bicyclic) bond motifs is 1. The van der Waals surface area contributed by atoms with E-state index in [0.717, 1.165) is 16.2 Å². The van der Waals surface area contributed by atoms with Gasteiger partial charge in [0.1, 0.15) is 0 Å².